The van der Waals surface area contributed by atoms with Gasteiger partial charge >= 0.3 is 0 Å². The van der Waals surface area contributed by atoms with Crippen molar-refractivity contribution in [1.29, 1.82) is 0 Å². The molecule has 0 fully saturated rings. The highest BCUT2D eigenvalue weighted by atomic mass is 15.0. The van der Waals surface area contributed by atoms with Gasteiger partial charge in [0.2, 0.25) is 0 Å². The van der Waals surface area contributed by atoms with E-state index in [1.54, 1.807) is 0 Å². The smallest absolute Gasteiger partial charge is 0.161 e. The van der Waals surface area contributed by atoms with Crippen molar-refractivity contribution in [2.75, 3.05) is 0 Å². The lowest BCUT2D eigenvalue weighted by atomic mass is 9.93. The van der Waals surface area contributed by atoms with Crippen LogP contribution in [0.3, 0.4) is 0 Å². The van der Waals surface area contributed by atoms with Crippen molar-refractivity contribution in [3.05, 3.63) is 212 Å². The standard InChI is InChI=1S/C52H35N3/c1-4-14-39(15-5-1)47-34-42(30-33-46(47)52-53-48(40-16-6-2-7-17-40)35-49(54-52)41-18-8-3-9-19-41)38-26-24-36(25-27-38)37-28-31-43(32-29-37)55-50-22-12-10-20-44(50)45-21-11-13-23-51(45)55/h1-35H. The third-order valence-corrected chi connectivity index (χ3v) is 10.5. The van der Waals surface area contributed by atoms with E-state index in [9.17, 15) is 0 Å². The van der Waals surface area contributed by atoms with E-state index >= 15 is 0 Å². The summed E-state index contributed by atoms with van der Waals surface area (Å²) in [6.07, 6.45) is 0. The van der Waals surface area contributed by atoms with E-state index in [0.29, 0.717) is 5.82 Å². The molecule has 0 saturated carbocycles. The molecule has 0 saturated heterocycles. The quantitative estimate of drug-likeness (QED) is 0.166. The summed E-state index contributed by atoms with van der Waals surface area (Å²) in [5, 5.41) is 2.54. The van der Waals surface area contributed by atoms with Crippen molar-refractivity contribution >= 4 is 21.8 Å². The first kappa shape index (κ1) is 32.3. The van der Waals surface area contributed by atoms with Gasteiger partial charge in [0.05, 0.1) is 22.4 Å². The van der Waals surface area contributed by atoms with Gasteiger partial charge in [-0.1, -0.05) is 170 Å². The van der Waals surface area contributed by atoms with E-state index in [-0.39, 0.29) is 0 Å². The Morgan fingerprint density at radius 3 is 1.24 bits per heavy atom. The van der Waals surface area contributed by atoms with Gasteiger partial charge in [0.15, 0.2) is 5.82 Å². The van der Waals surface area contributed by atoms with Crippen LogP contribution in [0.1, 0.15) is 0 Å². The fourth-order valence-corrected chi connectivity index (χ4v) is 7.72. The number of hydrogen-bond acceptors (Lipinski definition) is 2. The van der Waals surface area contributed by atoms with Gasteiger partial charge in [0.1, 0.15) is 0 Å². The molecule has 0 spiro atoms. The monoisotopic (exact) mass is 701 g/mol. The summed E-state index contributed by atoms with van der Waals surface area (Å²) >= 11 is 0. The maximum absolute atomic E-state index is 5.17. The average Bonchev–Trinajstić information content (AvgIpc) is 3.61. The largest absolute Gasteiger partial charge is 0.309 e. The Bertz CT molecular complexity index is 2820. The van der Waals surface area contributed by atoms with Crippen LogP contribution in [0, 0.1) is 0 Å². The predicted molar refractivity (Wildman–Crippen MR) is 229 cm³/mol. The molecule has 10 aromatic rings. The van der Waals surface area contributed by atoms with Crippen LogP contribution in [0.2, 0.25) is 0 Å². The Morgan fingerprint density at radius 2 is 0.709 bits per heavy atom. The molecule has 0 N–H and O–H groups in total. The van der Waals surface area contributed by atoms with Crippen molar-refractivity contribution < 1.29 is 0 Å². The number of rotatable bonds is 7. The fraction of sp³-hybridized carbons (Fsp3) is 0. The van der Waals surface area contributed by atoms with Crippen LogP contribution in [0.5, 0.6) is 0 Å². The Kier molecular flexibility index (Phi) is 8.16. The fourth-order valence-electron chi connectivity index (χ4n) is 7.72. The first-order valence-electron chi connectivity index (χ1n) is 18.7. The molecule has 8 aromatic carbocycles. The molecule has 10 rings (SSSR count). The van der Waals surface area contributed by atoms with Crippen molar-refractivity contribution in [3.8, 4) is 73.0 Å². The lowest BCUT2D eigenvalue weighted by Crippen LogP contribution is -1.98. The molecule has 0 amide bonds. The van der Waals surface area contributed by atoms with Gasteiger partial charge in [-0.05, 0) is 75.8 Å². The number of nitrogens with zero attached hydrogens (tertiary/aromatic N) is 3. The second-order valence-electron chi connectivity index (χ2n) is 13.8. The summed E-state index contributed by atoms with van der Waals surface area (Å²) in [6.45, 7) is 0. The number of aromatic nitrogens is 3. The Morgan fingerprint density at radius 1 is 0.291 bits per heavy atom. The minimum absolute atomic E-state index is 0.699. The van der Waals surface area contributed by atoms with Crippen molar-refractivity contribution in [3.63, 3.8) is 0 Å². The first-order valence-corrected chi connectivity index (χ1v) is 18.7. The molecule has 0 aliphatic carbocycles. The van der Waals surface area contributed by atoms with E-state index < -0.39 is 0 Å². The molecule has 2 heterocycles. The third-order valence-electron chi connectivity index (χ3n) is 10.5. The Hall–Kier alpha value is -7.36. The Balaban J connectivity index is 1.01. The zero-order valence-corrected chi connectivity index (χ0v) is 30.0. The van der Waals surface area contributed by atoms with Crippen molar-refractivity contribution in [2.24, 2.45) is 0 Å². The van der Waals surface area contributed by atoms with E-state index in [4.69, 9.17) is 9.97 Å². The molecule has 3 heteroatoms. The molecular formula is C52H35N3. The summed E-state index contributed by atoms with van der Waals surface area (Å²) in [5.41, 5.74) is 15.3. The van der Waals surface area contributed by atoms with Crippen LogP contribution in [-0.4, -0.2) is 14.5 Å². The molecule has 55 heavy (non-hydrogen) atoms. The first-order chi connectivity index (χ1) is 27.3. The van der Waals surface area contributed by atoms with Crippen LogP contribution >= 0.6 is 0 Å². The minimum Gasteiger partial charge on any atom is -0.309 e. The van der Waals surface area contributed by atoms with E-state index in [1.165, 1.54) is 32.9 Å². The molecular weight excluding hydrogens is 667 g/mol. The van der Waals surface area contributed by atoms with Gasteiger partial charge in [-0.3, -0.25) is 0 Å². The van der Waals surface area contributed by atoms with Crippen molar-refractivity contribution in [2.45, 2.75) is 0 Å². The summed E-state index contributed by atoms with van der Waals surface area (Å²) < 4.78 is 2.36. The number of para-hydroxylation sites is 2. The maximum atomic E-state index is 5.17. The molecule has 0 bridgehead atoms. The van der Waals surface area contributed by atoms with Crippen LogP contribution in [0.25, 0.3) is 94.8 Å². The van der Waals surface area contributed by atoms with E-state index in [0.717, 1.165) is 56.0 Å². The number of benzene rings is 8. The van der Waals surface area contributed by atoms with Crippen LogP contribution in [0.4, 0.5) is 0 Å². The molecule has 258 valence electrons. The van der Waals surface area contributed by atoms with Gasteiger partial charge in [0.25, 0.3) is 0 Å². The summed E-state index contributed by atoms with van der Waals surface area (Å²) in [6, 6.07) is 75.1. The van der Waals surface area contributed by atoms with E-state index in [2.05, 4.69) is 205 Å². The van der Waals surface area contributed by atoms with Gasteiger partial charge < -0.3 is 4.57 Å². The lowest BCUT2D eigenvalue weighted by Gasteiger charge is -2.15. The van der Waals surface area contributed by atoms with E-state index in [1.807, 2.05) is 12.1 Å². The van der Waals surface area contributed by atoms with Crippen molar-refractivity contribution in [1.82, 2.24) is 14.5 Å². The summed E-state index contributed by atoms with van der Waals surface area (Å²) in [7, 11) is 0. The SMILES string of the molecule is c1ccc(-c2cc(-c3ccccc3)nc(-c3ccc(-c4ccc(-c5ccc(-n6c7ccccc7c7ccccc76)cc5)cc4)cc3-c3ccccc3)n2)cc1. The second kappa shape index (κ2) is 13.9. The second-order valence-corrected chi connectivity index (χ2v) is 13.8. The molecule has 3 nitrogen and oxygen atoms in total. The predicted octanol–water partition coefficient (Wildman–Crippen LogP) is 13.6. The normalized spacial score (nSPS) is 11.3. The van der Waals surface area contributed by atoms with Gasteiger partial charge in [0, 0.05) is 33.2 Å². The molecule has 0 unspecified atom stereocenters. The highest BCUT2D eigenvalue weighted by molar-refractivity contribution is 6.09. The zero-order valence-electron chi connectivity index (χ0n) is 30.0. The van der Waals surface area contributed by atoms with Crippen LogP contribution in [0.15, 0.2) is 212 Å². The molecule has 0 atom stereocenters. The number of fused-ring (bicyclic) bond motifs is 3. The average molecular weight is 702 g/mol. The topological polar surface area (TPSA) is 30.7 Å². The zero-order chi connectivity index (χ0) is 36.6. The summed E-state index contributed by atoms with van der Waals surface area (Å²) in [4.78, 5) is 10.3. The lowest BCUT2D eigenvalue weighted by molar-refractivity contribution is 1.18. The van der Waals surface area contributed by atoms with Crippen LogP contribution in [-0.2, 0) is 0 Å². The van der Waals surface area contributed by atoms with Gasteiger partial charge in [-0.25, -0.2) is 9.97 Å². The molecule has 0 aliphatic heterocycles. The van der Waals surface area contributed by atoms with Gasteiger partial charge in [-0.15, -0.1) is 0 Å². The minimum atomic E-state index is 0.699. The highest BCUT2D eigenvalue weighted by Gasteiger charge is 2.16. The molecule has 0 radical (unpaired) electrons. The maximum Gasteiger partial charge on any atom is 0.161 e. The number of hydrogen-bond donors (Lipinski definition) is 0. The van der Waals surface area contributed by atoms with Gasteiger partial charge in [-0.2, -0.15) is 0 Å². The highest BCUT2D eigenvalue weighted by Crippen LogP contribution is 2.38. The third kappa shape index (κ3) is 6.08. The molecule has 2 aromatic heterocycles. The summed E-state index contributed by atoms with van der Waals surface area (Å²) in [5.74, 6) is 0.699. The molecule has 0 aliphatic rings. The van der Waals surface area contributed by atoms with Crippen LogP contribution < -0.4 is 0 Å². The Labute approximate surface area is 320 Å².